The molecule has 84 valence electrons. The molecule has 0 spiro atoms. The topological polar surface area (TPSA) is 28.7 Å². The van der Waals surface area contributed by atoms with Crippen molar-refractivity contribution in [1.82, 2.24) is 9.97 Å². The summed E-state index contributed by atoms with van der Waals surface area (Å²) in [6.45, 7) is 1.76. The molecule has 0 fully saturated rings. The summed E-state index contributed by atoms with van der Waals surface area (Å²) >= 11 is 0. The quantitative estimate of drug-likeness (QED) is 0.673. The summed E-state index contributed by atoms with van der Waals surface area (Å²) in [5, 5.41) is 0. The maximum Gasteiger partial charge on any atom is 0.133 e. The Bertz CT molecular complexity index is 686. The number of aryl methyl sites for hydroxylation is 1. The third-order valence-electron chi connectivity index (χ3n) is 2.90. The van der Waals surface area contributed by atoms with Gasteiger partial charge in [-0.1, -0.05) is 18.2 Å². The van der Waals surface area contributed by atoms with E-state index in [0.717, 1.165) is 16.6 Å². The molecule has 0 saturated carbocycles. The van der Waals surface area contributed by atoms with Gasteiger partial charge >= 0.3 is 0 Å². The zero-order chi connectivity index (χ0) is 11.8. The molecule has 0 atom stereocenters. The molecule has 3 rings (SSSR count). The minimum atomic E-state index is -0.180. The van der Waals surface area contributed by atoms with E-state index in [2.05, 4.69) is 9.97 Å². The summed E-state index contributed by atoms with van der Waals surface area (Å²) < 4.78 is 14.0. The van der Waals surface area contributed by atoms with Gasteiger partial charge in [0, 0.05) is 23.5 Å². The minimum Gasteiger partial charge on any atom is -0.360 e. The molecule has 3 heteroatoms. The van der Waals surface area contributed by atoms with Crippen LogP contribution in [0.3, 0.4) is 0 Å². The monoisotopic (exact) mass is 226 g/mol. The lowest BCUT2D eigenvalue weighted by atomic mass is 10.0. The van der Waals surface area contributed by atoms with E-state index in [-0.39, 0.29) is 5.82 Å². The van der Waals surface area contributed by atoms with Crippen LogP contribution in [-0.2, 0) is 0 Å². The lowest BCUT2D eigenvalue weighted by Crippen LogP contribution is -1.89. The van der Waals surface area contributed by atoms with Crippen molar-refractivity contribution < 1.29 is 4.39 Å². The lowest BCUT2D eigenvalue weighted by Gasteiger charge is -2.05. The highest BCUT2D eigenvalue weighted by Gasteiger charge is 2.08. The molecule has 2 nitrogen and oxygen atoms in total. The molecule has 0 unspecified atom stereocenters. The van der Waals surface area contributed by atoms with Gasteiger partial charge in [0.2, 0.25) is 0 Å². The summed E-state index contributed by atoms with van der Waals surface area (Å²) in [6, 6.07) is 9.20. The highest BCUT2D eigenvalue weighted by Crippen LogP contribution is 2.26. The summed E-state index contributed by atoms with van der Waals surface area (Å²) in [4.78, 5) is 7.37. The van der Waals surface area contributed by atoms with Crippen LogP contribution in [0.15, 0.2) is 42.7 Å². The summed E-state index contributed by atoms with van der Waals surface area (Å²) in [5.41, 5.74) is 3.84. The number of rotatable bonds is 1. The lowest BCUT2D eigenvalue weighted by molar-refractivity contribution is 0.622. The molecule has 1 N–H and O–H groups in total. The Morgan fingerprint density at radius 2 is 2.12 bits per heavy atom. The summed E-state index contributed by atoms with van der Waals surface area (Å²) in [7, 11) is 0. The van der Waals surface area contributed by atoms with Crippen LogP contribution in [0.4, 0.5) is 4.39 Å². The Morgan fingerprint density at radius 3 is 3.00 bits per heavy atom. The van der Waals surface area contributed by atoms with Gasteiger partial charge in [0.25, 0.3) is 0 Å². The van der Waals surface area contributed by atoms with Gasteiger partial charge in [-0.05, 0) is 24.6 Å². The van der Waals surface area contributed by atoms with E-state index in [4.69, 9.17) is 0 Å². The number of benzene rings is 1. The van der Waals surface area contributed by atoms with Gasteiger partial charge in [0.1, 0.15) is 5.82 Å². The second-order valence-corrected chi connectivity index (χ2v) is 4.07. The first-order valence-corrected chi connectivity index (χ1v) is 5.44. The van der Waals surface area contributed by atoms with Gasteiger partial charge in [-0.2, -0.15) is 0 Å². The third-order valence-corrected chi connectivity index (χ3v) is 2.90. The van der Waals surface area contributed by atoms with E-state index in [0.29, 0.717) is 11.1 Å². The maximum atomic E-state index is 14.0. The van der Waals surface area contributed by atoms with Crippen molar-refractivity contribution in [2.24, 2.45) is 0 Å². The first-order chi connectivity index (χ1) is 8.25. The smallest absolute Gasteiger partial charge is 0.133 e. The molecule has 0 aliphatic heterocycles. The Balaban J connectivity index is 2.23. The van der Waals surface area contributed by atoms with Gasteiger partial charge < -0.3 is 4.98 Å². The highest BCUT2D eigenvalue weighted by atomic mass is 19.1. The average molecular weight is 226 g/mol. The second-order valence-electron chi connectivity index (χ2n) is 4.07. The van der Waals surface area contributed by atoms with Crippen LogP contribution in [0.5, 0.6) is 0 Å². The fraction of sp³-hybridized carbons (Fsp3) is 0.0714. The van der Waals surface area contributed by atoms with Crippen LogP contribution in [0.2, 0.25) is 0 Å². The summed E-state index contributed by atoms with van der Waals surface area (Å²) in [5.74, 6) is -0.180. The van der Waals surface area contributed by atoms with Crippen molar-refractivity contribution >= 4 is 11.0 Å². The van der Waals surface area contributed by atoms with Crippen LogP contribution in [0, 0.1) is 12.7 Å². The molecule has 1 aromatic carbocycles. The normalized spacial score (nSPS) is 10.9. The SMILES string of the molecule is Cc1cccc(-c2cnc3cc[nH]c3c2)c1F. The number of aromatic amines is 1. The number of hydrogen-bond acceptors (Lipinski definition) is 1. The molecular formula is C14H11FN2. The van der Waals surface area contributed by atoms with Gasteiger partial charge in [-0.3, -0.25) is 4.98 Å². The van der Waals surface area contributed by atoms with Crippen molar-refractivity contribution in [3.8, 4) is 11.1 Å². The van der Waals surface area contributed by atoms with Crippen LogP contribution in [0.25, 0.3) is 22.2 Å². The predicted octanol–water partition coefficient (Wildman–Crippen LogP) is 3.68. The number of nitrogens with one attached hydrogen (secondary N) is 1. The second kappa shape index (κ2) is 3.70. The van der Waals surface area contributed by atoms with Gasteiger partial charge in [0.05, 0.1) is 11.0 Å². The van der Waals surface area contributed by atoms with E-state index in [1.165, 1.54) is 0 Å². The predicted molar refractivity (Wildman–Crippen MR) is 66.2 cm³/mol. The Labute approximate surface area is 98.1 Å². The Kier molecular flexibility index (Phi) is 2.18. The molecule has 0 bridgehead atoms. The number of fused-ring (bicyclic) bond motifs is 1. The van der Waals surface area contributed by atoms with Crippen LogP contribution in [0.1, 0.15) is 5.56 Å². The summed E-state index contributed by atoms with van der Waals surface area (Å²) in [6.07, 6.45) is 3.53. The Hall–Kier alpha value is -2.16. The molecule has 2 heterocycles. The van der Waals surface area contributed by atoms with E-state index < -0.39 is 0 Å². The average Bonchev–Trinajstić information content (AvgIpc) is 2.79. The molecule has 3 aromatic rings. The molecule has 17 heavy (non-hydrogen) atoms. The van der Waals surface area contributed by atoms with Crippen LogP contribution in [-0.4, -0.2) is 9.97 Å². The van der Waals surface area contributed by atoms with Crippen molar-refractivity contribution in [2.45, 2.75) is 6.92 Å². The van der Waals surface area contributed by atoms with Crippen molar-refractivity contribution in [2.75, 3.05) is 0 Å². The van der Waals surface area contributed by atoms with Crippen LogP contribution >= 0.6 is 0 Å². The first-order valence-electron chi connectivity index (χ1n) is 5.44. The highest BCUT2D eigenvalue weighted by molar-refractivity contribution is 5.80. The molecular weight excluding hydrogens is 215 g/mol. The number of aromatic nitrogens is 2. The number of pyridine rings is 1. The van der Waals surface area contributed by atoms with Crippen molar-refractivity contribution in [3.05, 3.63) is 54.1 Å². The van der Waals surface area contributed by atoms with Crippen LogP contribution < -0.4 is 0 Å². The minimum absolute atomic E-state index is 0.180. The zero-order valence-electron chi connectivity index (χ0n) is 9.37. The molecule has 2 aromatic heterocycles. The maximum absolute atomic E-state index is 14.0. The van der Waals surface area contributed by atoms with Crippen molar-refractivity contribution in [3.63, 3.8) is 0 Å². The number of nitrogens with zero attached hydrogens (tertiary/aromatic N) is 1. The van der Waals surface area contributed by atoms with E-state index in [9.17, 15) is 4.39 Å². The van der Waals surface area contributed by atoms with E-state index in [1.54, 1.807) is 25.3 Å². The molecule has 0 saturated heterocycles. The largest absolute Gasteiger partial charge is 0.360 e. The number of hydrogen-bond donors (Lipinski definition) is 1. The van der Waals surface area contributed by atoms with Gasteiger partial charge in [-0.15, -0.1) is 0 Å². The zero-order valence-corrected chi connectivity index (χ0v) is 9.37. The van der Waals surface area contributed by atoms with E-state index in [1.807, 2.05) is 24.4 Å². The molecule has 0 aliphatic carbocycles. The number of halogens is 1. The first kappa shape index (κ1) is 10.0. The fourth-order valence-electron chi connectivity index (χ4n) is 1.95. The van der Waals surface area contributed by atoms with Gasteiger partial charge in [-0.25, -0.2) is 4.39 Å². The molecule has 0 amide bonds. The standard InChI is InChI=1S/C14H11FN2/c1-9-3-2-4-11(14(9)15)10-7-13-12(17-8-10)5-6-16-13/h2-8,16H,1H3. The Morgan fingerprint density at radius 1 is 1.24 bits per heavy atom. The van der Waals surface area contributed by atoms with E-state index >= 15 is 0 Å². The van der Waals surface area contributed by atoms with Gasteiger partial charge in [0.15, 0.2) is 0 Å². The third kappa shape index (κ3) is 1.60. The molecule has 0 radical (unpaired) electrons. The number of H-pyrrole nitrogens is 1. The fourth-order valence-corrected chi connectivity index (χ4v) is 1.95. The molecule has 0 aliphatic rings. The van der Waals surface area contributed by atoms with Crippen molar-refractivity contribution in [1.29, 1.82) is 0 Å².